The molecule has 0 amide bonds. The van der Waals surface area contributed by atoms with Crippen molar-refractivity contribution in [2.45, 2.75) is 84.6 Å². The number of hydrogen-bond acceptors (Lipinski definition) is 3. The van der Waals surface area contributed by atoms with Gasteiger partial charge in [0.1, 0.15) is 10.6 Å². The summed E-state index contributed by atoms with van der Waals surface area (Å²) in [5.41, 5.74) is 0.279. The Morgan fingerprint density at radius 1 is 1.00 bits per heavy atom. The number of benzene rings is 1. The van der Waals surface area contributed by atoms with Gasteiger partial charge in [0.25, 0.3) is 0 Å². The molecule has 0 saturated carbocycles. The van der Waals surface area contributed by atoms with E-state index in [0.29, 0.717) is 12.4 Å². The lowest BCUT2D eigenvalue weighted by Gasteiger charge is -2.33. The molecule has 0 bridgehead atoms. The highest BCUT2D eigenvalue weighted by molar-refractivity contribution is 7.89. The summed E-state index contributed by atoms with van der Waals surface area (Å²) in [6.45, 7) is 18.6. The Hall–Kier alpha value is -1.07. The van der Waals surface area contributed by atoms with E-state index in [1.807, 2.05) is 26.8 Å². The second-order valence-corrected chi connectivity index (χ2v) is 11.2. The zero-order valence-electron chi connectivity index (χ0n) is 17.3. The Bertz CT molecular complexity index is 693. The molecule has 1 rings (SSSR count). The molecule has 0 radical (unpaired) electrons. The molecule has 0 aliphatic rings. The third-order valence-electron chi connectivity index (χ3n) is 3.78. The van der Waals surface area contributed by atoms with Gasteiger partial charge in [-0.3, -0.25) is 0 Å². The van der Waals surface area contributed by atoms with Crippen molar-refractivity contribution in [1.29, 1.82) is 0 Å². The minimum atomic E-state index is -3.70. The Kier molecular flexibility index (Phi) is 6.39. The van der Waals surface area contributed by atoms with Crippen molar-refractivity contribution in [3.63, 3.8) is 0 Å². The highest BCUT2D eigenvalue weighted by Crippen LogP contribution is 2.33. The molecule has 25 heavy (non-hydrogen) atoms. The van der Waals surface area contributed by atoms with Crippen molar-refractivity contribution in [3.05, 3.63) is 23.8 Å². The molecule has 1 N–H and O–H groups in total. The summed E-state index contributed by atoms with van der Waals surface area (Å²) in [5, 5.41) is 0. The molecule has 0 spiro atoms. The van der Waals surface area contributed by atoms with Crippen LogP contribution in [0.3, 0.4) is 0 Å². The molecule has 0 fully saturated rings. The molecule has 0 heterocycles. The predicted molar refractivity (Wildman–Crippen MR) is 105 cm³/mol. The first kappa shape index (κ1) is 22.0. The Balaban J connectivity index is 3.35. The molecule has 0 aliphatic heterocycles. The Labute approximate surface area is 154 Å². The van der Waals surface area contributed by atoms with E-state index in [0.717, 1.165) is 12.0 Å². The Morgan fingerprint density at radius 2 is 1.56 bits per heavy atom. The average molecular weight is 370 g/mol. The van der Waals surface area contributed by atoms with Crippen LogP contribution in [0.5, 0.6) is 5.75 Å². The number of ether oxygens (including phenoxy) is 1. The molecule has 0 aromatic heterocycles. The van der Waals surface area contributed by atoms with E-state index in [4.69, 9.17) is 4.74 Å². The maximum atomic E-state index is 13.1. The van der Waals surface area contributed by atoms with Gasteiger partial charge >= 0.3 is 0 Å². The van der Waals surface area contributed by atoms with E-state index in [9.17, 15) is 8.42 Å². The first-order chi connectivity index (χ1) is 11.1. The van der Waals surface area contributed by atoms with E-state index in [-0.39, 0.29) is 15.7 Å². The van der Waals surface area contributed by atoms with Gasteiger partial charge in [0.15, 0.2) is 0 Å². The molecule has 0 aliphatic carbocycles. The number of hydrogen-bond donors (Lipinski definition) is 1. The minimum Gasteiger partial charge on any atom is -0.492 e. The fraction of sp³-hybridized carbons (Fsp3) is 0.700. The summed E-state index contributed by atoms with van der Waals surface area (Å²) < 4.78 is 34.7. The monoisotopic (exact) mass is 369 g/mol. The SMILES string of the molecule is CCOc1ccc(C(C)(C)C)cc1S(=O)(=O)NC(C)(C)CC(C)(C)C. The average Bonchev–Trinajstić information content (AvgIpc) is 2.33. The van der Waals surface area contributed by atoms with Crippen LogP contribution < -0.4 is 9.46 Å². The van der Waals surface area contributed by atoms with Crippen LogP contribution in [-0.4, -0.2) is 20.6 Å². The van der Waals surface area contributed by atoms with Crippen LogP contribution >= 0.6 is 0 Å². The number of rotatable bonds is 6. The fourth-order valence-corrected chi connectivity index (χ4v) is 4.82. The second kappa shape index (κ2) is 7.28. The first-order valence-electron chi connectivity index (χ1n) is 8.89. The zero-order chi connectivity index (χ0) is 19.7. The summed E-state index contributed by atoms with van der Waals surface area (Å²) in [6.07, 6.45) is 0.724. The molecule has 144 valence electrons. The first-order valence-corrected chi connectivity index (χ1v) is 10.4. The summed E-state index contributed by atoms with van der Waals surface area (Å²) in [7, 11) is -3.70. The van der Waals surface area contributed by atoms with E-state index in [1.54, 1.807) is 12.1 Å². The van der Waals surface area contributed by atoms with Gasteiger partial charge in [0, 0.05) is 5.54 Å². The van der Waals surface area contributed by atoms with Gasteiger partial charge in [0.2, 0.25) is 10.0 Å². The van der Waals surface area contributed by atoms with Crippen molar-refractivity contribution in [2.75, 3.05) is 6.61 Å². The van der Waals surface area contributed by atoms with Crippen LogP contribution in [0.25, 0.3) is 0 Å². The van der Waals surface area contributed by atoms with Crippen LogP contribution in [0.15, 0.2) is 23.1 Å². The van der Waals surface area contributed by atoms with Gasteiger partial charge in [-0.25, -0.2) is 13.1 Å². The number of sulfonamides is 1. The molecule has 0 saturated heterocycles. The highest BCUT2D eigenvalue weighted by Gasteiger charge is 2.32. The predicted octanol–water partition coefficient (Wildman–Crippen LogP) is 4.88. The van der Waals surface area contributed by atoms with Gasteiger partial charge in [-0.15, -0.1) is 0 Å². The van der Waals surface area contributed by atoms with Gasteiger partial charge in [-0.2, -0.15) is 0 Å². The molecule has 0 unspecified atom stereocenters. The standard InChI is InChI=1S/C20H35NO3S/c1-10-24-16-12-11-15(19(5,6)7)13-17(16)25(22,23)21-20(8,9)14-18(2,3)4/h11-13,21H,10,14H2,1-9H3. The quantitative estimate of drug-likeness (QED) is 0.778. The molecule has 1 aromatic rings. The van der Waals surface area contributed by atoms with E-state index in [2.05, 4.69) is 46.3 Å². The van der Waals surface area contributed by atoms with Crippen LogP contribution in [0, 0.1) is 5.41 Å². The van der Waals surface area contributed by atoms with Crippen LogP contribution in [0.2, 0.25) is 0 Å². The van der Waals surface area contributed by atoms with Crippen molar-refractivity contribution >= 4 is 10.0 Å². The maximum Gasteiger partial charge on any atom is 0.244 e. The van der Waals surface area contributed by atoms with Gasteiger partial charge in [0.05, 0.1) is 6.61 Å². The van der Waals surface area contributed by atoms with E-state index < -0.39 is 15.6 Å². The van der Waals surface area contributed by atoms with E-state index >= 15 is 0 Å². The van der Waals surface area contributed by atoms with Crippen molar-refractivity contribution in [1.82, 2.24) is 4.72 Å². The topological polar surface area (TPSA) is 55.4 Å². The summed E-state index contributed by atoms with van der Waals surface area (Å²) in [6, 6.07) is 5.43. The van der Waals surface area contributed by atoms with Crippen molar-refractivity contribution < 1.29 is 13.2 Å². The maximum absolute atomic E-state index is 13.1. The molecule has 0 atom stereocenters. The largest absolute Gasteiger partial charge is 0.492 e. The van der Waals surface area contributed by atoms with Gasteiger partial charge < -0.3 is 4.74 Å². The summed E-state index contributed by atoms with van der Waals surface area (Å²) >= 11 is 0. The van der Waals surface area contributed by atoms with Crippen molar-refractivity contribution in [2.24, 2.45) is 5.41 Å². The van der Waals surface area contributed by atoms with Gasteiger partial charge in [-0.05, 0) is 55.7 Å². The fourth-order valence-electron chi connectivity index (χ4n) is 3.24. The minimum absolute atomic E-state index is 0.0159. The van der Waals surface area contributed by atoms with Crippen LogP contribution in [-0.2, 0) is 15.4 Å². The van der Waals surface area contributed by atoms with E-state index in [1.165, 1.54) is 0 Å². The highest BCUT2D eigenvalue weighted by atomic mass is 32.2. The lowest BCUT2D eigenvalue weighted by Crippen LogP contribution is -2.45. The van der Waals surface area contributed by atoms with Crippen LogP contribution in [0.4, 0.5) is 0 Å². The molecule has 4 nitrogen and oxygen atoms in total. The summed E-state index contributed by atoms with van der Waals surface area (Å²) in [4.78, 5) is 0.212. The third-order valence-corrected chi connectivity index (χ3v) is 5.50. The molecular weight excluding hydrogens is 334 g/mol. The zero-order valence-corrected chi connectivity index (χ0v) is 18.1. The third kappa shape index (κ3) is 6.63. The second-order valence-electron chi connectivity index (χ2n) is 9.57. The normalized spacial score (nSPS) is 13.8. The molecule has 1 aromatic carbocycles. The van der Waals surface area contributed by atoms with Crippen molar-refractivity contribution in [3.8, 4) is 5.75 Å². The molecule has 5 heteroatoms. The number of nitrogens with one attached hydrogen (secondary N) is 1. The van der Waals surface area contributed by atoms with Gasteiger partial charge in [-0.1, -0.05) is 47.6 Å². The Morgan fingerprint density at radius 3 is 2.00 bits per heavy atom. The van der Waals surface area contributed by atoms with Crippen LogP contribution in [0.1, 0.15) is 74.3 Å². The smallest absolute Gasteiger partial charge is 0.244 e. The lowest BCUT2D eigenvalue weighted by atomic mass is 9.82. The lowest BCUT2D eigenvalue weighted by molar-refractivity contribution is 0.269. The molecular formula is C20H35NO3S. The summed E-state index contributed by atoms with van der Waals surface area (Å²) in [5.74, 6) is 0.398.